The Hall–Kier alpha value is -1.80. The number of anilines is 1. The molecule has 2 aromatic carbocycles. The van der Waals surface area contributed by atoms with Crippen LogP contribution in [0, 0.1) is 17.3 Å². The number of carbonyl (C=O) groups is 1. The maximum atomic E-state index is 13.7. The van der Waals surface area contributed by atoms with E-state index in [2.05, 4.69) is 50.5 Å². The Morgan fingerprint density at radius 2 is 1.57 bits per heavy atom. The molecule has 0 bridgehead atoms. The minimum atomic E-state index is -0.412. The van der Waals surface area contributed by atoms with Crippen LogP contribution in [-0.2, 0) is 11.3 Å². The fourth-order valence-corrected chi connectivity index (χ4v) is 4.15. The van der Waals surface area contributed by atoms with Crippen molar-refractivity contribution in [2.24, 2.45) is 5.41 Å². The van der Waals surface area contributed by atoms with Crippen LogP contribution in [0.4, 0.5) is 5.69 Å². The number of fused-ring (bicyclic) bond motifs is 2. The van der Waals surface area contributed by atoms with Gasteiger partial charge in [-0.3, -0.25) is 0 Å². The molecule has 28 heavy (non-hydrogen) atoms. The first-order chi connectivity index (χ1) is 13.2. The SMILES string of the molecule is C[I-]C(C)(C)CCC(C)(C)C(=O)N1Cc2ccccc2C#Cc2ccccc21. The first kappa shape index (κ1) is 20.9. The number of rotatable bonds is 5. The van der Waals surface area contributed by atoms with E-state index in [0.29, 0.717) is 9.97 Å². The molecule has 0 atom stereocenters. The van der Waals surface area contributed by atoms with Gasteiger partial charge >= 0.3 is 180 Å². The third-order valence-electron chi connectivity index (χ3n) is 5.55. The molecule has 0 fully saturated rings. The molecular weight excluding hydrogens is 457 g/mol. The Kier molecular flexibility index (Phi) is 6.19. The van der Waals surface area contributed by atoms with Crippen LogP contribution < -0.4 is 26.1 Å². The Balaban J connectivity index is 1.98. The minimum absolute atomic E-state index is 0.142. The van der Waals surface area contributed by atoms with Gasteiger partial charge in [0.05, 0.1) is 0 Å². The van der Waals surface area contributed by atoms with Crippen molar-refractivity contribution in [1.82, 2.24) is 0 Å². The van der Waals surface area contributed by atoms with Crippen LogP contribution in [0.5, 0.6) is 0 Å². The number of benzene rings is 2. The van der Waals surface area contributed by atoms with E-state index in [9.17, 15) is 4.79 Å². The third kappa shape index (κ3) is 4.60. The zero-order chi connectivity index (χ0) is 20.4. The Morgan fingerprint density at radius 1 is 0.964 bits per heavy atom. The van der Waals surface area contributed by atoms with Crippen molar-refractivity contribution in [2.75, 3.05) is 9.83 Å². The van der Waals surface area contributed by atoms with E-state index in [-0.39, 0.29) is 27.1 Å². The van der Waals surface area contributed by atoms with Gasteiger partial charge in [0.1, 0.15) is 0 Å². The van der Waals surface area contributed by atoms with Crippen LogP contribution in [0.1, 0.15) is 57.2 Å². The average Bonchev–Trinajstić information content (AvgIpc) is 2.68. The van der Waals surface area contributed by atoms with Gasteiger partial charge in [0.15, 0.2) is 0 Å². The first-order valence-electron chi connectivity index (χ1n) is 9.75. The second kappa shape index (κ2) is 8.29. The quantitative estimate of drug-likeness (QED) is 0.361. The molecule has 0 unspecified atom stereocenters. The molecule has 0 radical (unpaired) electrons. The molecule has 0 saturated heterocycles. The van der Waals surface area contributed by atoms with Crippen molar-refractivity contribution in [3.8, 4) is 11.8 Å². The molecule has 148 valence electrons. The number of amides is 1. The standard InChI is InChI=1S/C25H29INO/c1-24(2,16-17-25(3,4)26-5)23(28)27-18-21-12-7-6-10-19(21)14-15-20-11-8-9-13-22(20)27/h6-13H,16-18H2,1-5H3/q-1. The molecule has 0 saturated carbocycles. The van der Waals surface area contributed by atoms with Gasteiger partial charge in [-0.05, 0) is 0 Å². The summed E-state index contributed by atoms with van der Waals surface area (Å²) < 4.78 is 0.364. The van der Waals surface area contributed by atoms with Gasteiger partial charge in [-0.1, -0.05) is 0 Å². The molecule has 3 heteroatoms. The van der Waals surface area contributed by atoms with E-state index in [1.807, 2.05) is 47.4 Å². The third-order valence-corrected chi connectivity index (χ3v) is 9.01. The molecule has 3 rings (SSSR count). The summed E-state index contributed by atoms with van der Waals surface area (Å²) in [6.45, 7) is 9.42. The number of para-hydroxylation sites is 1. The summed E-state index contributed by atoms with van der Waals surface area (Å²) in [4.78, 5) is 18.0. The van der Waals surface area contributed by atoms with Gasteiger partial charge in [0.25, 0.3) is 0 Å². The maximum absolute atomic E-state index is 13.7. The fourth-order valence-electron chi connectivity index (χ4n) is 3.34. The second-order valence-electron chi connectivity index (χ2n) is 8.61. The van der Waals surface area contributed by atoms with Crippen LogP contribution >= 0.6 is 0 Å². The number of nitrogens with zero attached hydrogens (tertiary/aromatic N) is 1. The Labute approximate surface area is 180 Å². The average molecular weight is 486 g/mol. The molecule has 0 spiro atoms. The van der Waals surface area contributed by atoms with Crippen molar-refractivity contribution in [3.05, 3.63) is 65.2 Å². The fraction of sp³-hybridized carbons (Fsp3) is 0.400. The number of alkyl halides is 2. The van der Waals surface area contributed by atoms with Gasteiger partial charge in [0, 0.05) is 0 Å². The molecule has 0 aromatic heterocycles. The van der Waals surface area contributed by atoms with Crippen molar-refractivity contribution in [1.29, 1.82) is 0 Å². The zero-order valence-corrected chi connectivity index (χ0v) is 19.6. The van der Waals surface area contributed by atoms with Crippen molar-refractivity contribution >= 4 is 11.6 Å². The molecule has 0 N–H and O–H groups in total. The Bertz CT molecular complexity index is 933. The van der Waals surface area contributed by atoms with Crippen molar-refractivity contribution < 1.29 is 26.0 Å². The summed E-state index contributed by atoms with van der Waals surface area (Å²) in [6, 6.07) is 16.2. The van der Waals surface area contributed by atoms with Crippen LogP contribution in [0.2, 0.25) is 0 Å². The summed E-state index contributed by atoms with van der Waals surface area (Å²) >= 11 is 0.142. The summed E-state index contributed by atoms with van der Waals surface area (Å²) in [7, 11) is 0. The van der Waals surface area contributed by atoms with E-state index >= 15 is 0 Å². The normalized spacial score (nSPS) is 13.7. The molecule has 1 aliphatic heterocycles. The first-order valence-corrected chi connectivity index (χ1v) is 13.0. The Morgan fingerprint density at radius 3 is 2.29 bits per heavy atom. The van der Waals surface area contributed by atoms with E-state index < -0.39 is 5.41 Å². The molecule has 2 aromatic rings. The molecule has 2 nitrogen and oxygen atoms in total. The van der Waals surface area contributed by atoms with E-state index in [1.165, 1.54) is 0 Å². The van der Waals surface area contributed by atoms with Crippen LogP contribution in [0.25, 0.3) is 0 Å². The molecule has 0 aliphatic carbocycles. The second-order valence-corrected chi connectivity index (χ2v) is 12.6. The number of hydrogen-bond donors (Lipinski definition) is 0. The van der Waals surface area contributed by atoms with Gasteiger partial charge in [-0.2, -0.15) is 0 Å². The summed E-state index contributed by atoms with van der Waals surface area (Å²) in [5, 5.41) is 0. The molecule has 1 amide bonds. The van der Waals surface area contributed by atoms with Crippen LogP contribution in [0.15, 0.2) is 48.5 Å². The number of hydrogen-bond acceptors (Lipinski definition) is 1. The van der Waals surface area contributed by atoms with Gasteiger partial charge in [-0.15, -0.1) is 0 Å². The predicted molar refractivity (Wildman–Crippen MR) is 113 cm³/mol. The van der Waals surface area contributed by atoms with Crippen molar-refractivity contribution in [3.63, 3.8) is 0 Å². The summed E-state index contributed by atoms with van der Waals surface area (Å²) in [6.07, 6.45) is 1.99. The summed E-state index contributed by atoms with van der Waals surface area (Å²) in [5.74, 6) is 6.76. The number of carbonyl (C=O) groups excluding carboxylic acids is 1. The molecular formula is C25H29INO-. The predicted octanol–water partition coefficient (Wildman–Crippen LogP) is 2.24. The van der Waals surface area contributed by atoms with Crippen LogP contribution in [-0.4, -0.2) is 14.3 Å². The van der Waals surface area contributed by atoms with Gasteiger partial charge < -0.3 is 0 Å². The van der Waals surface area contributed by atoms with Gasteiger partial charge in [0.2, 0.25) is 0 Å². The molecule has 1 aliphatic rings. The van der Waals surface area contributed by atoms with E-state index in [4.69, 9.17) is 0 Å². The van der Waals surface area contributed by atoms with Gasteiger partial charge in [-0.25, -0.2) is 0 Å². The van der Waals surface area contributed by atoms with E-state index in [0.717, 1.165) is 35.2 Å². The topological polar surface area (TPSA) is 20.3 Å². The van der Waals surface area contributed by atoms with E-state index in [1.54, 1.807) is 0 Å². The van der Waals surface area contributed by atoms with Crippen molar-refractivity contribution in [2.45, 2.75) is 50.5 Å². The summed E-state index contributed by atoms with van der Waals surface area (Å²) in [5.41, 5.74) is 3.54. The number of halogens is 1. The van der Waals surface area contributed by atoms with Crippen LogP contribution in [0.3, 0.4) is 0 Å². The monoisotopic (exact) mass is 486 g/mol. The molecule has 1 heterocycles. The zero-order valence-electron chi connectivity index (χ0n) is 17.5.